The second-order valence-corrected chi connectivity index (χ2v) is 5.61. The van der Waals surface area contributed by atoms with Gasteiger partial charge in [0.1, 0.15) is 12.4 Å². The van der Waals surface area contributed by atoms with Gasteiger partial charge in [-0.1, -0.05) is 13.3 Å². The number of nitrogens with one attached hydrogen (secondary N) is 1. The lowest BCUT2D eigenvalue weighted by Crippen LogP contribution is -2.40. The van der Waals surface area contributed by atoms with Crippen molar-refractivity contribution in [3.05, 3.63) is 11.6 Å². The maximum atomic E-state index is 5.37. The van der Waals surface area contributed by atoms with E-state index < -0.39 is 0 Å². The summed E-state index contributed by atoms with van der Waals surface area (Å²) < 4.78 is 7.35. The van der Waals surface area contributed by atoms with Crippen LogP contribution in [0, 0.1) is 6.92 Å². The molecule has 132 valence electrons. The number of aliphatic imine (C=N–C) groups is 1. The van der Waals surface area contributed by atoms with E-state index in [-0.39, 0.29) is 0 Å². The normalized spacial score (nSPS) is 11.8. The van der Waals surface area contributed by atoms with E-state index in [1.165, 1.54) is 6.42 Å². The van der Waals surface area contributed by atoms with Crippen LogP contribution in [0.5, 0.6) is 0 Å². The van der Waals surface area contributed by atoms with Crippen molar-refractivity contribution >= 4 is 5.96 Å². The average Bonchev–Trinajstić information content (AvgIpc) is 2.87. The summed E-state index contributed by atoms with van der Waals surface area (Å²) in [6.07, 6.45) is 3.29. The zero-order chi connectivity index (χ0) is 17.1. The molecule has 0 aromatic carbocycles. The van der Waals surface area contributed by atoms with Gasteiger partial charge in [-0.05, 0) is 26.7 Å². The standard InChI is InChI=1S/C16H32N6O/c1-6-8-11-21(4)16(17-10-9-12-23-7-2)18-13-15-20-19-14(3)22(15)5/h6-13H2,1-5H3,(H,17,18). The molecule has 0 amide bonds. The molecule has 1 N–H and O–H groups in total. The van der Waals surface area contributed by atoms with Crippen LogP contribution in [0.1, 0.15) is 44.8 Å². The lowest BCUT2D eigenvalue weighted by Gasteiger charge is -2.22. The third-order valence-corrected chi connectivity index (χ3v) is 3.71. The fourth-order valence-corrected chi connectivity index (χ4v) is 2.07. The number of hydrogen-bond acceptors (Lipinski definition) is 4. The molecule has 0 radical (unpaired) electrons. The van der Waals surface area contributed by atoms with E-state index in [0.717, 1.165) is 56.8 Å². The molecule has 0 atom stereocenters. The second-order valence-electron chi connectivity index (χ2n) is 5.61. The van der Waals surface area contributed by atoms with Crippen LogP contribution in [0.2, 0.25) is 0 Å². The van der Waals surface area contributed by atoms with Gasteiger partial charge < -0.3 is 19.5 Å². The van der Waals surface area contributed by atoms with E-state index in [1.807, 2.05) is 25.5 Å². The van der Waals surface area contributed by atoms with Crippen molar-refractivity contribution in [1.29, 1.82) is 0 Å². The third-order valence-electron chi connectivity index (χ3n) is 3.71. The lowest BCUT2D eigenvalue weighted by atomic mass is 10.3. The fraction of sp³-hybridized carbons (Fsp3) is 0.812. The Morgan fingerprint density at radius 3 is 2.70 bits per heavy atom. The first-order valence-electron chi connectivity index (χ1n) is 8.52. The predicted octanol–water partition coefficient (Wildman–Crippen LogP) is 1.73. The molecule has 0 saturated heterocycles. The van der Waals surface area contributed by atoms with Crippen molar-refractivity contribution in [2.45, 2.75) is 46.6 Å². The minimum Gasteiger partial charge on any atom is -0.382 e. The number of ether oxygens (including phenoxy) is 1. The van der Waals surface area contributed by atoms with Gasteiger partial charge >= 0.3 is 0 Å². The fourth-order valence-electron chi connectivity index (χ4n) is 2.07. The molecule has 7 nitrogen and oxygen atoms in total. The van der Waals surface area contributed by atoms with Crippen LogP contribution in [-0.4, -0.2) is 59.0 Å². The molecule has 0 saturated carbocycles. The van der Waals surface area contributed by atoms with Crippen molar-refractivity contribution in [3.8, 4) is 0 Å². The maximum Gasteiger partial charge on any atom is 0.194 e. The summed E-state index contributed by atoms with van der Waals surface area (Å²) in [6, 6.07) is 0. The summed E-state index contributed by atoms with van der Waals surface area (Å²) in [5, 5.41) is 11.7. The highest BCUT2D eigenvalue weighted by molar-refractivity contribution is 5.79. The van der Waals surface area contributed by atoms with Gasteiger partial charge in [-0.25, -0.2) is 4.99 Å². The zero-order valence-corrected chi connectivity index (χ0v) is 15.3. The second kappa shape index (κ2) is 11.0. The predicted molar refractivity (Wildman–Crippen MR) is 93.5 cm³/mol. The van der Waals surface area contributed by atoms with Crippen molar-refractivity contribution in [2.75, 3.05) is 33.4 Å². The van der Waals surface area contributed by atoms with Crippen LogP contribution in [0.15, 0.2) is 4.99 Å². The molecule has 1 aromatic heterocycles. The topological polar surface area (TPSA) is 67.6 Å². The monoisotopic (exact) mass is 324 g/mol. The number of unbranched alkanes of at least 4 members (excludes halogenated alkanes) is 1. The van der Waals surface area contributed by atoms with Crippen LogP contribution >= 0.6 is 0 Å². The van der Waals surface area contributed by atoms with Crippen molar-refractivity contribution in [1.82, 2.24) is 25.0 Å². The number of rotatable bonds is 10. The molecule has 0 fully saturated rings. The van der Waals surface area contributed by atoms with E-state index in [2.05, 4.69) is 34.4 Å². The SMILES string of the molecule is CCCCN(C)C(=NCc1nnc(C)n1C)NCCCOCC. The molecule has 1 heterocycles. The first-order chi connectivity index (χ1) is 11.1. The average molecular weight is 324 g/mol. The summed E-state index contributed by atoms with van der Waals surface area (Å²) in [5.74, 6) is 2.69. The first-order valence-corrected chi connectivity index (χ1v) is 8.52. The summed E-state index contributed by atoms with van der Waals surface area (Å²) in [5.41, 5.74) is 0. The third kappa shape index (κ3) is 6.99. The van der Waals surface area contributed by atoms with Gasteiger partial charge in [-0.2, -0.15) is 0 Å². The number of guanidine groups is 1. The lowest BCUT2D eigenvalue weighted by molar-refractivity contribution is 0.145. The minimum atomic E-state index is 0.529. The Bertz CT molecular complexity index is 471. The van der Waals surface area contributed by atoms with Gasteiger partial charge in [0.15, 0.2) is 11.8 Å². The van der Waals surface area contributed by atoms with Gasteiger partial charge in [0.05, 0.1) is 0 Å². The number of aryl methyl sites for hydroxylation is 1. The smallest absolute Gasteiger partial charge is 0.194 e. The zero-order valence-electron chi connectivity index (χ0n) is 15.3. The molecule has 1 aromatic rings. The highest BCUT2D eigenvalue weighted by Crippen LogP contribution is 2.01. The number of nitrogens with zero attached hydrogens (tertiary/aromatic N) is 5. The van der Waals surface area contributed by atoms with Gasteiger partial charge in [0, 0.05) is 40.4 Å². The van der Waals surface area contributed by atoms with Gasteiger partial charge in [0.25, 0.3) is 0 Å². The Morgan fingerprint density at radius 2 is 2.09 bits per heavy atom. The van der Waals surface area contributed by atoms with E-state index in [4.69, 9.17) is 9.73 Å². The Kier molecular flexibility index (Phi) is 9.28. The Labute approximate surface area is 140 Å². The molecular weight excluding hydrogens is 292 g/mol. The first kappa shape index (κ1) is 19.4. The van der Waals surface area contributed by atoms with Crippen molar-refractivity contribution < 1.29 is 4.74 Å². The largest absolute Gasteiger partial charge is 0.382 e. The molecule has 0 aliphatic heterocycles. The number of hydrogen-bond donors (Lipinski definition) is 1. The number of aromatic nitrogens is 3. The van der Waals surface area contributed by atoms with E-state index in [1.54, 1.807) is 0 Å². The van der Waals surface area contributed by atoms with Crippen molar-refractivity contribution in [3.63, 3.8) is 0 Å². The van der Waals surface area contributed by atoms with E-state index in [0.29, 0.717) is 6.54 Å². The quantitative estimate of drug-likeness (QED) is 0.403. The van der Waals surface area contributed by atoms with Crippen LogP contribution in [0.3, 0.4) is 0 Å². The molecule has 23 heavy (non-hydrogen) atoms. The van der Waals surface area contributed by atoms with Crippen molar-refractivity contribution in [2.24, 2.45) is 12.0 Å². The highest BCUT2D eigenvalue weighted by atomic mass is 16.5. The van der Waals surface area contributed by atoms with E-state index in [9.17, 15) is 0 Å². The molecular formula is C16H32N6O. The molecule has 0 aliphatic rings. The molecule has 0 aliphatic carbocycles. The molecule has 1 rings (SSSR count). The summed E-state index contributed by atoms with van der Waals surface area (Å²) in [6.45, 7) is 10.1. The van der Waals surface area contributed by atoms with Crippen LogP contribution in [-0.2, 0) is 18.3 Å². The van der Waals surface area contributed by atoms with Gasteiger partial charge in [-0.15, -0.1) is 10.2 Å². The molecule has 0 spiro atoms. The molecule has 7 heteroatoms. The van der Waals surface area contributed by atoms with Crippen LogP contribution < -0.4 is 5.32 Å². The molecule has 0 bridgehead atoms. The highest BCUT2D eigenvalue weighted by Gasteiger charge is 2.08. The Morgan fingerprint density at radius 1 is 1.30 bits per heavy atom. The van der Waals surface area contributed by atoms with E-state index >= 15 is 0 Å². The van der Waals surface area contributed by atoms with Gasteiger partial charge in [0.2, 0.25) is 0 Å². The summed E-state index contributed by atoms with van der Waals surface area (Å²) >= 11 is 0. The van der Waals surface area contributed by atoms with Crippen LogP contribution in [0.25, 0.3) is 0 Å². The Hall–Kier alpha value is -1.63. The minimum absolute atomic E-state index is 0.529. The van der Waals surface area contributed by atoms with Crippen LogP contribution in [0.4, 0.5) is 0 Å². The Balaban J connectivity index is 2.61. The summed E-state index contributed by atoms with van der Waals surface area (Å²) in [7, 11) is 4.04. The maximum absolute atomic E-state index is 5.37. The summed E-state index contributed by atoms with van der Waals surface area (Å²) in [4.78, 5) is 6.88. The van der Waals surface area contributed by atoms with Gasteiger partial charge in [-0.3, -0.25) is 0 Å². The molecule has 0 unspecified atom stereocenters.